The molecule has 1 fully saturated rings. The van der Waals surface area contributed by atoms with Gasteiger partial charge in [0.2, 0.25) is 0 Å². The van der Waals surface area contributed by atoms with E-state index in [-0.39, 0.29) is 11.6 Å². The van der Waals surface area contributed by atoms with Gasteiger partial charge in [-0.1, -0.05) is 0 Å². The van der Waals surface area contributed by atoms with E-state index >= 15 is 0 Å². The molecule has 0 saturated carbocycles. The highest BCUT2D eigenvalue weighted by atomic mass is 16.4. The molecule has 0 aliphatic carbocycles. The number of carbonyl (C=O) groups is 2. The first-order chi connectivity index (χ1) is 9.08. The van der Waals surface area contributed by atoms with Crippen LogP contribution in [0.5, 0.6) is 0 Å². The zero-order valence-electron chi connectivity index (χ0n) is 10.9. The Balaban J connectivity index is 2.08. The van der Waals surface area contributed by atoms with Crippen LogP contribution >= 0.6 is 0 Å². The summed E-state index contributed by atoms with van der Waals surface area (Å²) < 4.78 is 0. The molecule has 2 heterocycles. The molecule has 6 nitrogen and oxygen atoms in total. The summed E-state index contributed by atoms with van der Waals surface area (Å²) in [6.07, 6.45) is 2.28. The van der Waals surface area contributed by atoms with E-state index < -0.39 is 5.97 Å². The zero-order valence-corrected chi connectivity index (χ0v) is 10.9. The molecule has 0 spiro atoms. The van der Waals surface area contributed by atoms with Crippen molar-refractivity contribution >= 4 is 11.9 Å². The summed E-state index contributed by atoms with van der Waals surface area (Å²) in [4.78, 5) is 30.7. The van der Waals surface area contributed by atoms with E-state index in [0.717, 1.165) is 26.1 Å². The third kappa shape index (κ3) is 3.29. The topological polar surface area (TPSA) is 73.7 Å². The molecule has 0 radical (unpaired) electrons. The van der Waals surface area contributed by atoms with Crippen molar-refractivity contribution in [2.45, 2.75) is 6.42 Å². The predicted octanol–water partition coefficient (Wildman–Crippen LogP) is 0.557. The highest BCUT2D eigenvalue weighted by Gasteiger charge is 2.19. The van der Waals surface area contributed by atoms with E-state index in [0.29, 0.717) is 12.1 Å². The summed E-state index contributed by atoms with van der Waals surface area (Å²) >= 11 is 0. The molecule has 1 saturated heterocycles. The highest BCUT2D eigenvalue weighted by molar-refractivity contribution is 5.94. The molecule has 0 atom stereocenters. The van der Waals surface area contributed by atoms with Crippen LogP contribution in [0.2, 0.25) is 0 Å². The van der Waals surface area contributed by atoms with Crippen molar-refractivity contribution in [3.63, 3.8) is 0 Å². The number of amides is 1. The van der Waals surface area contributed by atoms with Crippen molar-refractivity contribution in [3.05, 3.63) is 29.6 Å². The lowest BCUT2D eigenvalue weighted by Gasteiger charge is -2.20. The zero-order chi connectivity index (χ0) is 13.8. The molecule has 1 aliphatic heterocycles. The van der Waals surface area contributed by atoms with Crippen LogP contribution < -0.4 is 0 Å². The van der Waals surface area contributed by atoms with Crippen molar-refractivity contribution in [2.75, 3.05) is 33.2 Å². The van der Waals surface area contributed by atoms with Gasteiger partial charge in [0, 0.05) is 25.8 Å². The molecule has 1 aromatic heterocycles. The number of carboxylic acid groups (broad SMARTS) is 1. The number of rotatable bonds is 2. The number of hydrogen-bond acceptors (Lipinski definition) is 4. The summed E-state index contributed by atoms with van der Waals surface area (Å²) in [5.74, 6) is -1.17. The second kappa shape index (κ2) is 5.79. The lowest BCUT2D eigenvalue weighted by molar-refractivity contribution is 0.0687. The van der Waals surface area contributed by atoms with Crippen molar-refractivity contribution < 1.29 is 14.7 Å². The second-order valence-electron chi connectivity index (χ2n) is 4.69. The number of aromatic carboxylic acids is 1. The quantitative estimate of drug-likeness (QED) is 0.844. The molecule has 0 bridgehead atoms. The minimum absolute atomic E-state index is 0.0489. The van der Waals surface area contributed by atoms with Gasteiger partial charge >= 0.3 is 5.97 Å². The first-order valence-electron chi connectivity index (χ1n) is 6.25. The number of carboxylic acids is 1. The molecule has 6 heteroatoms. The third-order valence-corrected chi connectivity index (χ3v) is 3.24. The van der Waals surface area contributed by atoms with E-state index in [1.165, 1.54) is 18.3 Å². The largest absolute Gasteiger partial charge is 0.477 e. The average molecular weight is 263 g/mol. The number of pyridine rings is 1. The van der Waals surface area contributed by atoms with E-state index in [2.05, 4.69) is 9.88 Å². The lowest BCUT2D eigenvalue weighted by atomic mass is 10.2. The van der Waals surface area contributed by atoms with Crippen LogP contribution in [0.25, 0.3) is 0 Å². The molecule has 0 aromatic carbocycles. The van der Waals surface area contributed by atoms with E-state index in [9.17, 15) is 9.59 Å². The van der Waals surface area contributed by atoms with Gasteiger partial charge in [-0.15, -0.1) is 0 Å². The van der Waals surface area contributed by atoms with Crippen molar-refractivity contribution in [1.29, 1.82) is 0 Å². The number of likely N-dealkylation sites (N-methyl/N-ethyl adjacent to an activating group) is 1. The van der Waals surface area contributed by atoms with Crippen LogP contribution in [-0.2, 0) is 0 Å². The molecule has 1 amide bonds. The van der Waals surface area contributed by atoms with Gasteiger partial charge < -0.3 is 14.9 Å². The normalized spacial score (nSPS) is 17.0. The second-order valence-corrected chi connectivity index (χ2v) is 4.69. The number of carbonyl (C=O) groups excluding carboxylic acids is 1. The summed E-state index contributed by atoms with van der Waals surface area (Å²) in [6.45, 7) is 3.26. The van der Waals surface area contributed by atoms with Gasteiger partial charge in [-0.2, -0.15) is 0 Å². The molecule has 19 heavy (non-hydrogen) atoms. The van der Waals surface area contributed by atoms with Gasteiger partial charge in [0.05, 0.1) is 5.56 Å². The molecular formula is C13H17N3O3. The van der Waals surface area contributed by atoms with Crippen LogP contribution in [0, 0.1) is 0 Å². The Kier molecular flexibility index (Phi) is 4.11. The standard InChI is InChI=1S/C13H17N3O3/c1-15-5-2-6-16(8-7-15)12(17)10-3-4-11(13(18)19)14-9-10/h3-4,9H,2,5-8H2,1H3,(H,18,19). The molecular weight excluding hydrogens is 246 g/mol. The highest BCUT2D eigenvalue weighted by Crippen LogP contribution is 2.08. The summed E-state index contributed by atoms with van der Waals surface area (Å²) in [5.41, 5.74) is 0.390. The fraction of sp³-hybridized carbons (Fsp3) is 0.462. The smallest absolute Gasteiger partial charge is 0.354 e. The predicted molar refractivity (Wildman–Crippen MR) is 69.2 cm³/mol. The average Bonchev–Trinajstić information content (AvgIpc) is 2.63. The van der Waals surface area contributed by atoms with Crippen molar-refractivity contribution in [2.24, 2.45) is 0 Å². The molecule has 102 valence electrons. The number of nitrogens with zero attached hydrogens (tertiary/aromatic N) is 3. The third-order valence-electron chi connectivity index (χ3n) is 3.24. The minimum Gasteiger partial charge on any atom is -0.477 e. The molecule has 1 aromatic rings. The summed E-state index contributed by atoms with van der Waals surface area (Å²) in [5, 5.41) is 8.77. The maximum Gasteiger partial charge on any atom is 0.354 e. The van der Waals surface area contributed by atoms with Crippen LogP contribution in [0.1, 0.15) is 27.3 Å². The summed E-state index contributed by atoms with van der Waals surface area (Å²) in [6, 6.07) is 2.88. The molecule has 1 N–H and O–H groups in total. The van der Waals surface area contributed by atoms with E-state index in [1.807, 2.05) is 7.05 Å². The fourth-order valence-electron chi connectivity index (χ4n) is 2.08. The Labute approximate surface area is 111 Å². The van der Waals surface area contributed by atoms with Gasteiger partial charge in [-0.3, -0.25) is 4.79 Å². The number of hydrogen-bond donors (Lipinski definition) is 1. The van der Waals surface area contributed by atoms with Crippen LogP contribution in [0.4, 0.5) is 0 Å². The monoisotopic (exact) mass is 263 g/mol. The maximum atomic E-state index is 12.3. The van der Waals surface area contributed by atoms with Crippen molar-refractivity contribution in [3.8, 4) is 0 Å². The fourth-order valence-corrected chi connectivity index (χ4v) is 2.08. The Morgan fingerprint density at radius 2 is 2.00 bits per heavy atom. The van der Waals surface area contributed by atoms with E-state index in [4.69, 9.17) is 5.11 Å². The lowest BCUT2D eigenvalue weighted by Crippen LogP contribution is -2.34. The first-order valence-corrected chi connectivity index (χ1v) is 6.25. The van der Waals surface area contributed by atoms with Gasteiger partial charge in [-0.25, -0.2) is 9.78 Å². The van der Waals surface area contributed by atoms with Gasteiger partial charge in [0.15, 0.2) is 0 Å². The van der Waals surface area contributed by atoms with Crippen molar-refractivity contribution in [1.82, 2.24) is 14.8 Å². The minimum atomic E-state index is -1.09. The Bertz CT molecular complexity index is 473. The van der Waals surface area contributed by atoms with Crippen LogP contribution in [-0.4, -0.2) is 65.0 Å². The van der Waals surface area contributed by atoms with Gasteiger partial charge in [0.25, 0.3) is 5.91 Å². The maximum absolute atomic E-state index is 12.3. The molecule has 2 rings (SSSR count). The van der Waals surface area contributed by atoms with Gasteiger partial charge in [0.1, 0.15) is 5.69 Å². The summed E-state index contributed by atoms with van der Waals surface area (Å²) in [7, 11) is 2.04. The first kappa shape index (κ1) is 13.5. The van der Waals surface area contributed by atoms with Crippen LogP contribution in [0.3, 0.4) is 0 Å². The number of aromatic nitrogens is 1. The molecule has 0 unspecified atom stereocenters. The van der Waals surface area contributed by atoms with Gasteiger partial charge in [-0.05, 0) is 32.1 Å². The van der Waals surface area contributed by atoms with Crippen LogP contribution in [0.15, 0.2) is 18.3 Å². The molecule has 1 aliphatic rings. The SMILES string of the molecule is CN1CCCN(C(=O)c2ccc(C(=O)O)nc2)CC1. The Morgan fingerprint density at radius 3 is 2.63 bits per heavy atom. The Hall–Kier alpha value is -1.95. The Morgan fingerprint density at radius 1 is 1.21 bits per heavy atom. The van der Waals surface area contributed by atoms with E-state index in [1.54, 1.807) is 4.90 Å².